The molecule has 1 aliphatic rings. The summed E-state index contributed by atoms with van der Waals surface area (Å²) in [5, 5.41) is 5.20. The van der Waals surface area contributed by atoms with Gasteiger partial charge in [0.15, 0.2) is 0 Å². The fourth-order valence-corrected chi connectivity index (χ4v) is 4.15. The van der Waals surface area contributed by atoms with Gasteiger partial charge in [0.1, 0.15) is 12.6 Å². The Balaban J connectivity index is 1.72. The SMILES string of the molecule is CC(=O)N[C@@H](CC(C)C)C(=O)N1CCCN1C(=O)O[C@@H](Cc1ccccc1)C(=O)OCc1ccccc1. The van der Waals surface area contributed by atoms with Crippen molar-refractivity contribution < 1.29 is 28.7 Å². The number of esters is 1. The van der Waals surface area contributed by atoms with Crippen molar-refractivity contribution >= 4 is 23.9 Å². The van der Waals surface area contributed by atoms with Crippen LogP contribution in [0.15, 0.2) is 60.7 Å². The van der Waals surface area contributed by atoms with Crippen LogP contribution >= 0.6 is 0 Å². The van der Waals surface area contributed by atoms with Crippen LogP contribution in [0.25, 0.3) is 0 Å². The van der Waals surface area contributed by atoms with E-state index in [0.717, 1.165) is 11.1 Å². The third-order valence-corrected chi connectivity index (χ3v) is 5.87. The van der Waals surface area contributed by atoms with E-state index in [-0.39, 0.29) is 37.3 Å². The van der Waals surface area contributed by atoms with E-state index in [9.17, 15) is 19.2 Å². The van der Waals surface area contributed by atoms with Crippen LogP contribution in [0.3, 0.4) is 0 Å². The molecule has 3 rings (SSSR count). The standard InChI is InChI=1S/C28H35N3O6/c1-20(2)17-24(29-21(3)32)26(33)30-15-10-16-31(30)28(35)37-25(18-22-11-6-4-7-12-22)27(34)36-19-23-13-8-5-9-14-23/h4-9,11-14,20,24-25H,10,15-19H2,1-3H3,(H,29,32)/t24-,25-/m0/s1. The number of nitrogens with one attached hydrogen (secondary N) is 1. The van der Waals surface area contributed by atoms with Gasteiger partial charge in [-0.3, -0.25) is 9.59 Å². The molecule has 1 N–H and O–H groups in total. The molecule has 198 valence electrons. The second-order valence-corrected chi connectivity index (χ2v) is 9.48. The fourth-order valence-electron chi connectivity index (χ4n) is 4.15. The topological polar surface area (TPSA) is 105 Å². The number of hydrogen-bond acceptors (Lipinski definition) is 6. The molecule has 3 amide bonds. The summed E-state index contributed by atoms with van der Waals surface area (Å²) in [7, 11) is 0. The van der Waals surface area contributed by atoms with Crippen molar-refractivity contribution in [1.82, 2.24) is 15.3 Å². The van der Waals surface area contributed by atoms with E-state index in [2.05, 4.69) is 5.32 Å². The van der Waals surface area contributed by atoms with Crippen LogP contribution in [0.5, 0.6) is 0 Å². The first kappa shape index (κ1) is 27.7. The van der Waals surface area contributed by atoms with Gasteiger partial charge in [0, 0.05) is 26.4 Å². The molecule has 0 unspecified atom stereocenters. The van der Waals surface area contributed by atoms with Crippen molar-refractivity contribution in [2.75, 3.05) is 13.1 Å². The van der Waals surface area contributed by atoms with Crippen molar-refractivity contribution in [1.29, 1.82) is 0 Å². The van der Waals surface area contributed by atoms with E-state index in [1.54, 1.807) is 0 Å². The first-order valence-electron chi connectivity index (χ1n) is 12.6. The Morgan fingerprint density at radius 3 is 2.08 bits per heavy atom. The lowest BCUT2D eigenvalue weighted by Gasteiger charge is -2.32. The van der Waals surface area contributed by atoms with E-state index in [1.165, 1.54) is 16.9 Å². The maximum atomic E-state index is 13.3. The molecule has 1 fully saturated rings. The van der Waals surface area contributed by atoms with Gasteiger partial charge in [0.05, 0.1) is 0 Å². The van der Waals surface area contributed by atoms with Crippen LogP contribution in [-0.4, -0.2) is 59.1 Å². The summed E-state index contributed by atoms with van der Waals surface area (Å²) in [6.45, 7) is 5.87. The van der Waals surface area contributed by atoms with Crippen molar-refractivity contribution in [2.45, 2.75) is 58.8 Å². The van der Waals surface area contributed by atoms with Gasteiger partial charge in [-0.05, 0) is 29.9 Å². The summed E-state index contributed by atoms with van der Waals surface area (Å²) in [4.78, 5) is 51.2. The molecule has 0 aromatic heterocycles. The molecule has 2 aromatic carbocycles. The summed E-state index contributed by atoms with van der Waals surface area (Å²) in [5.74, 6) is -1.23. The fraction of sp³-hybridized carbons (Fsp3) is 0.429. The number of carbonyl (C=O) groups excluding carboxylic acids is 4. The second-order valence-electron chi connectivity index (χ2n) is 9.48. The largest absolute Gasteiger partial charge is 0.458 e. The second kappa shape index (κ2) is 13.4. The first-order valence-corrected chi connectivity index (χ1v) is 12.6. The summed E-state index contributed by atoms with van der Waals surface area (Å²) in [6, 6.07) is 17.7. The Morgan fingerprint density at radius 1 is 0.892 bits per heavy atom. The number of ether oxygens (including phenoxy) is 2. The van der Waals surface area contributed by atoms with Crippen LogP contribution in [0, 0.1) is 5.92 Å². The zero-order valence-electron chi connectivity index (χ0n) is 21.6. The molecular weight excluding hydrogens is 474 g/mol. The molecule has 0 bridgehead atoms. The Morgan fingerprint density at radius 2 is 1.49 bits per heavy atom. The highest BCUT2D eigenvalue weighted by molar-refractivity contribution is 5.88. The van der Waals surface area contributed by atoms with Gasteiger partial charge in [-0.25, -0.2) is 19.6 Å². The molecule has 2 atom stereocenters. The van der Waals surface area contributed by atoms with Crippen molar-refractivity contribution in [3.8, 4) is 0 Å². The monoisotopic (exact) mass is 509 g/mol. The van der Waals surface area contributed by atoms with Crippen LogP contribution in [0.1, 0.15) is 44.7 Å². The Bertz CT molecular complexity index is 1060. The molecule has 37 heavy (non-hydrogen) atoms. The number of carbonyl (C=O) groups is 4. The summed E-state index contributed by atoms with van der Waals surface area (Å²) >= 11 is 0. The molecule has 0 spiro atoms. The summed E-state index contributed by atoms with van der Waals surface area (Å²) in [5.41, 5.74) is 1.61. The highest BCUT2D eigenvalue weighted by atomic mass is 16.6. The predicted octanol–water partition coefficient (Wildman–Crippen LogP) is 3.48. The van der Waals surface area contributed by atoms with Gasteiger partial charge in [0.2, 0.25) is 12.0 Å². The number of amides is 3. The number of nitrogens with zero attached hydrogens (tertiary/aromatic N) is 2. The van der Waals surface area contributed by atoms with Crippen molar-refractivity contribution in [3.05, 3.63) is 71.8 Å². The van der Waals surface area contributed by atoms with E-state index >= 15 is 0 Å². The Hall–Kier alpha value is -3.88. The maximum absolute atomic E-state index is 13.3. The van der Waals surface area contributed by atoms with Gasteiger partial charge in [-0.2, -0.15) is 0 Å². The summed E-state index contributed by atoms with van der Waals surface area (Å²) in [6.07, 6.45) is -0.895. The average molecular weight is 510 g/mol. The maximum Gasteiger partial charge on any atom is 0.429 e. The molecule has 1 aliphatic heterocycles. The highest BCUT2D eigenvalue weighted by Gasteiger charge is 2.38. The molecule has 2 aromatic rings. The zero-order chi connectivity index (χ0) is 26.8. The first-order chi connectivity index (χ1) is 17.7. The van der Waals surface area contributed by atoms with Crippen molar-refractivity contribution in [2.24, 2.45) is 5.92 Å². The minimum atomic E-state index is -1.20. The zero-order valence-corrected chi connectivity index (χ0v) is 21.6. The smallest absolute Gasteiger partial charge is 0.429 e. The number of hydrazine groups is 1. The van der Waals surface area contributed by atoms with Crippen LogP contribution in [-0.2, 0) is 36.9 Å². The van der Waals surface area contributed by atoms with E-state index in [1.807, 2.05) is 74.5 Å². The Labute approximate surface area is 217 Å². The van der Waals surface area contributed by atoms with Gasteiger partial charge >= 0.3 is 12.1 Å². The van der Waals surface area contributed by atoms with E-state index in [0.29, 0.717) is 19.4 Å². The Kier molecular flexibility index (Phi) is 10.1. The molecule has 1 saturated heterocycles. The molecular formula is C28H35N3O6. The molecule has 0 saturated carbocycles. The summed E-state index contributed by atoms with van der Waals surface area (Å²) < 4.78 is 11.1. The normalized spacial score (nSPS) is 14.7. The minimum absolute atomic E-state index is 0.0461. The van der Waals surface area contributed by atoms with Crippen LogP contribution < -0.4 is 5.32 Å². The quantitative estimate of drug-likeness (QED) is 0.492. The molecule has 9 nitrogen and oxygen atoms in total. The lowest BCUT2D eigenvalue weighted by Crippen LogP contribution is -2.54. The van der Waals surface area contributed by atoms with Crippen LogP contribution in [0.2, 0.25) is 0 Å². The highest BCUT2D eigenvalue weighted by Crippen LogP contribution is 2.19. The number of rotatable bonds is 10. The van der Waals surface area contributed by atoms with E-state index in [4.69, 9.17) is 9.47 Å². The van der Waals surface area contributed by atoms with E-state index < -0.39 is 24.2 Å². The predicted molar refractivity (Wildman–Crippen MR) is 137 cm³/mol. The van der Waals surface area contributed by atoms with Crippen LogP contribution in [0.4, 0.5) is 4.79 Å². The third kappa shape index (κ3) is 8.34. The minimum Gasteiger partial charge on any atom is -0.458 e. The van der Waals surface area contributed by atoms with Crippen molar-refractivity contribution in [3.63, 3.8) is 0 Å². The van der Waals surface area contributed by atoms with Gasteiger partial charge in [-0.1, -0.05) is 74.5 Å². The van der Waals surface area contributed by atoms with Gasteiger partial charge in [0.25, 0.3) is 5.91 Å². The van der Waals surface area contributed by atoms with Gasteiger partial charge in [-0.15, -0.1) is 0 Å². The molecule has 1 heterocycles. The molecule has 0 radical (unpaired) electrons. The molecule has 9 heteroatoms. The number of hydrogen-bond donors (Lipinski definition) is 1. The molecule has 0 aliphatic carbocycles. The lowest BCUT2D eigenvalue weighted by molar-refractivity contribution is -0.157. The third-order valence-electron chi connectivity index (χ3n) is 5.87. The average Bonchev–Trinajstić information content (AvgIpc) is 3.37. The van der Waals surface area contributed by atoms with Gasteiger partial charge < -0.3 is 14.8 Å². The lowest BCUT2D eigenvalue weighted by atomic mass is 10.0. The number of benzene rings is 2.